The first-order valence-corrected chi connectivity index (χ1v) is 15.9. The van der Waals surface area contributed by atoms with Gasteiger partial charge in [-0.3, -0.25) is 24.7 Å². The number of nitrogens with one attached hydrogen (secondary N) is 3. The summed E-state index contributed by atoms with van der Waals surface area (Å²) in [6, 6.07) is 11.4. The number of likely N-dealkylation sites (tertiary alicyclic amines) is 2. The number of hydrogen-bond acceptors (Lipinski definition) is 8. The molecule has 15 heteroatoms. The zero-order valence-corrected chi connectivity index (χ0v) is 25.8. The highest BCUT2D eigenvalue weighted by molar-refractivity contribution is 7.89. The number of imide groups is 3. The third-order valence-electron chi connectivity index (χ3n) is 7.60. The molecule has 2 aliphatic heterocycles. The van der Waals surface area contributed by atoms with Crippen LogP contribution >= 0.6 is 0 Å². The Morgan fingerprint density at radius 1 is 1.05 bits per heavy atom. The first-order chi connectivity index (χ1) is 20.8. The first kappa shape index (κ1) is 34.4. The number of sulfonamides is 1. The highest BCUT2D eigenvalue weighted by Crippen LogP contribution is 2.25. The van der Waals surface area contributed by atoms with Crippen molar-refractivity contribution in [2.75, 3.05) is 39.8 Å². The van der Waals surface area contributed by atoms with Gasteiger partial charge in [0.05, 0.1) is 10.8 Å². The maximum Gasteiger partial charge on any atom is 0.330 e. The highest BCUT2D eigenvalue weighted by Gasteiger charge is 2.38. The minimum atomic E-state index is -3.91. The molecule has 0 saturated carbocycles. The van der Waals surface area contributed by atoms with Gasteiger partial charge in [-0.05, 0) is 55.1 Å². The van der Waals surface area contributed by atoms with E-state index in [-0.39, 0.29) is 29.9 Å². The van der Waals surface area contributed by atoms with E-state index < -0.39 is 39.8 Å². The van der Waals surface area contributed by atoms with Crippen molar-refractivity contribution in [1.29, 1.82) is 5.41 Å². The summed E-state index contributed by atoms with van der Waals surface area (Å²) in [7, 11) is -2.57. The van der Waals surface area contributed by atoms with Crippen LogP contribution in [0.25, 0.3) is 10.8 Å². The van der Waals surface area contributed by atoms with E-state index in [1.807, 2.05) is 29.2 Å². The summed E-state index contributed by atoms with van der Waals surface area (Å²) in [6.45, 7) is 3.32. The van der Waals surface area contributed by atoms with Crippen molar-refractivity contribution < 1.29 is 32.7 Å². The van der Waals surface area contributed by atoms with E-state index in [9.17, 15) is 22.8 Å². The number of carboxylic acid groups (broad SMARTS) is 1. The predicted octanol–water partition coefficient (Wildman–Crippen LogP) is 1.36. The van der Waals surface area contributed by atoms with Crippen LogP contribution in [0, 0.1) is 11.3 Å². The van der Waals surface area contributed by atoms with Crippen LogP contribution in [-0.4, -0.2) is 104 Å². The lowest BCUT2D eigenvalue weighted by Gasteiger charge is -2.43. The van der Waals surface area contributed by atoms with Crippen LogP contribution in [0.1, 0.15) is 39.0 Å². The quantitative estimate of drug-likeness (QED) is 0.219. The molecule has 4 amide bonds. The van der Waals surface area contributed by atoms with E-state index in [1.54, 1.807) is 12.1 Å². The summed E-state index contributed by atoms with van der Waals surface area (Å²) in [5.41, 5.74) is 5.68. The van der Waals surface area contributed by atoms with Crippen molar-refractivity contribution in [1.82, 2.24) is 24.7 Å². The number of amides is 4. The van der Waals surface area contributed by atoms with Crippen LogP contribution in [0.5, 0.6) is 0 Å². The second-order valence-electron chi connectivity index (χ2n) is 10.8. The molecule has 2 aromatic rings. The molecule has 0 bridgehead atoms. The number of piperidine rings is 2. The zero-order valence-electron chi connectivity index (χ0n) is 25.0. The minimum absolute atomic E-state index is 0.0296. The SMILES string of the molecule is CC(=O)O.CNC(=O)N(C(=O)CCNS(=O)(=O)c1ccc2ccccc2c1)C(=O)C1CCCN([C@H]2CCCN(C(=N)N)C2)C1. The molecule has 2 aliphatic rings. The molecule has 44 heavy (non-hydrogen) atoms. The lowest BCUT2D eigenvalue weighted by molar-refractivity contribution is -0.145. The van der Waals surface area contributed by atoms with Crippen molar-refractivity contribution in [3.8, 4) is 0 Å². The number of aliphatic carboxylic acids is 1. The number of carbonyl (C=O) groups excluding carboxylic acids is 3. The highest BCUT2D eigenvalue weighted by atomic mass is 32.2. The Bertz CT molecular complexity index is 1480. The second-order valence-corrected chi connectivity index (χ2v) is 12.5. The Morgan fingerprint density at radius 3 is 2.36 bits per heavy atom. The smallest absolute Gasteiger partial charge is 0.330 e. The third kappa shape index (κ3) is 9.21. The van der Waals surface area contributed by atoms with E-state index in [0.717, 1.165) is 50.0 Å². The Kier molecular flexibility index (Phi) is 12.2. The molecule has 0 radical (unpaired) electrons. The fourth-order valence-corrected chi connectivity index (χ4v) is 6.53. The molecule has 0 spiro atoms. The average molecular weight is 632 g/mol. The van der Waals surface area contributed by atoms with Gasteiger partial charge in [0.25, 0.3) is 5.97 Å². The number of urea groups is 1. The van der Waals surface area contributed by atoms with Crippen molar-refractivity contribution >= 4 is 50.6 Å². The number of benzene rings is 2. The van der Waals surface area contributed by atoms with Crippen molar-refractivity contribution in [2.45, 2.75) is 50.0 Å². The molecule has 6 N–H and O–H groups in total. The molecule has 2 heterocycles. The van der Waals surface area contributed by atoms with Crippen molar-refractivity contribution in [3.05, 3.63) is 42.5 Å². The summed E-state index contributed by atoms with van der Waals surface area (Å²) >= 11 is 0. The first-order valence-electron chi connectivity index (χ1n) is 14.4. The molecule has 4 rings (SSSR count). The van der Waals surface area contributed by atoms with Gasteiger partial charge >= 0.3 is 6.03 Å². The van der Waals surface area contributed by atoms with Crippen molar-refractivity contribution in [3.63, 3.8) is 0 Å². The maximum atomic E-state index is 13.5. The van der Waals surface area contributed by atoms with E-state index in [0.29, 0.717) is 24.4 Å². The molecule has 14 nitrogen and oxygen atoms in total. The number of nitrogens with zero attached hydrogens (tertiary/aromatic N) is 3. The summed E-state index contributed by atoms with van der Waals surface area (Å²) in [6.07, 6.45) is 2.71. The largest absolute Gasteiger partial charge is 0.481 e. The number of guanidine groups is 1. The normalized spacial score (nSPS) is 18.9. The van der Waals surface area contributed by atoms with Crippen LogP contribution < -0.4 is 15.8 Å². The molecule has 0 aliphatic carbocycles. The number of nitrogens with two attached hydrogens (primary N) is 1. The Hall–Kier alpha value is -4.08. The van der Waals surface area contributed by atoms with Gasteiger partial charge < -0.3 is 21.1 Å². The molecule has 2 aromatic carbocycles. The van der Waals surface area contributed by atoms with Gasteiger partial charge in [0, 0.05) is 52.6 Å². The van der Waals surface area contributed by atoms with Gasteiger partial charge in [-0.2, -0.15) is 0 Å². The van der Waals surface area contributed by atoms with Crippen LogP contribution in [0.15, 0.2) is 47.4 Å². The topological polar surface area (TPSA) is 206 Å². The summed E-state index contributed by atoms with van der Waals surface area (Å²) in [4.78, 5) is 52.8. The Labute approximate surface area is 257 Å². The minimum Gasteiger partial charge on any atom is -0.481 e. The predicted molar refractivity (Wildman–Crippen MR) is 164 cm³/mol. The molecule has 2 saturated heterocycles. The second kappa shape index (κ2) is 15.6. The molecule has 240 valence electrons. The van der Waals surface area contributed by atoms with Crippen molar-refractivity contribution in [2.24, 2.45) is 11.7 Å². The van der Waals surface area contributed by atoms with Gasteiger partial charge in [0.15, 0.2) is 5.96 Å². The molecule has 2 atom stereocenters. The number of rotatable bonds is 7. The van der Waals surface area contributed by atoms with Gasteiger partial charge in [-0.1, -0.05) is 30.3 Å². The van der Waals surface area contributed by atoms with Crippen LogP contribution in [-0.2, 0) is 24.4 Å². The molecule has 2 fully saturated rings. The van der Waals surface area contributed by atoms with E-state index in [1.165, 1.54) is 13.1 Å². The standard InChI is InChI=1S/C27H37N7O5S.C2H4O2/c1-30-27(37)34(25(36)21-8-4-14-32(17-21)22-9-5-15-33(18-22)26(28)29)24(35)12-13-31-40(38,39)23-11-10-19-6-2-3-7-20(19)16-23;1-2(3)4/h2-3,6-7,10-11,16,21-22,31H,4-5,8-9,12-15,17-18H2,1H3,(H3,28,29)(H,30,37);1H3,(H,3,4)/t21?,22-;/m0./s1. The molecular weight excluding hydrogens is 590 g/mol. The van der Waals surface area contributed by atoms with Gasteiger partial charge in [-0.25, -0.2) is 22.8 Å². The third-order valence-corrected chi connectivity index (χ3v) is 9.06. The zero-order chi connectivity index (χ0) is 32.4. The van der Waals surface area contributed by atoms with Gasteiger partial charge in [-0.15, -0.1) is 0 Å². The molecule has 0 aromatic heterocycles. The lowest BCUT2D eigenvalue weighted by atomic mass is 9.93. The fourth-order valence-electron chi connectivity index (χ4n) is 5.46. The number of hydrogen-bond donors (Lipinski definition) is 5. The van der Waals surface area contributed by atoms with E-state index in [4.69, 9.17) is 21.0 Å². The number of fused-ring (bicyclic) bond motifs is 1. The summed E-state index contributed by atoms with van der Waals surface area (Å²) in [5, 5.41) is 19.2. The molecule has 1 unspecified atom stereocenters. The van der Waals surface area contributed by atoms with Crippen LogP contribution in [0.3, 0.4) is 0 Å². The average Bonchev–Trinajstić information content (AvgIpc) is 3.00. The number of carboxylic acids is 1. The van der Waals surface area contributed by atoms with E-state index >= 15 is 0 Å². The molecular formula is C29H41N7O7S. The van der Waals surface area contributed by atoms with Crippen LogP contribution in [0.4, 0.5) is 4.79 Å². The summed E-state index contributed by atoms with van der Waals surface area (Å²) in [5.74, 6) is -2.73. The maximum absolute atomic E-state index is 13.5. The Morgan fingerprint density at radius 2 is 1.70 bits per heavy atom. The number of carbonyl (C=O) groups is 4. The van der Waals surface area contributed by atoms with E-state index in [2.05, 4.69) is 14.9 Å². The fraction of sp³-hybridized carbons (Fsp3) is 0.483. The monoisotopic (exact) mass is 631 g/mol. The summed E-state index contributed by atoms with van der Waals surface area (Å²) < 4.78 is 28.1. The lowest BCUT2D eigenvalue weighted by Crippen LogP contribution is -2.56. The van der Waals surface area contributed by atoms with Crippen LogP contribution in [0.2, 0.25) is 0 Å². The Balaban J connectivity index is 0.00000124. The van der Waals surface area contributed by atoms with Gasteiger partial charge in [0.2, 0.25) is 21.8 Å². The van der Waals surface area contributed by atoms with Gasteiger partial charge in [0.1, 0.15) is 0 Å².